The van der Waals surface area contributed by atoms with Gasteiger partial charge in [-0.25, -0.2) is 0 Å². The molecule has 1 fully saturated rings. The monoisotopic (exact) mass is 272 g/mol. The van der Waals surface area contributed by atoms with Gasteiger partial charge in [-0.05, 0) is 56.7 Å². The lowest BCUT2D eigenvalue weighted by Gasteiger charge is -2.31. The number of hydrogen-bond donors (Lipinski definition) is 2. The summed E-state index contributed by atoms with van der Waals surface area (Å²) in [4.78, 5) is 12.5. The Hall–Kier alpha value is -1.35. The third-order valence-corrected chi connectivity index (χ3v) is 4.69. The molecule has 1 saturated heterocycles. The van der Waals surface area contributed by atoms with E-state index in [-0.39, 0.29) is 11.8 Å². The number of piperidine rings is 1. The number of carbonyl (C=O) groups excluding carboxylic acids is 1. The summed E-state index contributed by atoms with van der Waals surface area (Å²) < 4.78 is 0. The molecule has 0 bridgehead atoms. The number of hydrogen-bond acceptors (Lipinski definition) is 2. The summed E-state index contributed by atoms with van der Waals surface area (Å²) in [5.41, 5.74) is 2.78. The Morgan fingerprint density at radius 2 is 2.05 bits per heavy atom. The summed E-state index contributed by atoms with van der Waals surface area (Å²) in [5.74, 6) is 0.425. The highest BCUT2D eigenvalue weighted by atomic mass is 16.1. The Balaban J connectivity index is 1.59. The number of amides is 1. The van der Waals surface area contributed by atoms with E-state index in [4.69, 9.17) is 0 Å². The van der Waals surface area contributed by atoms with Crippen molar-refractivity contribution in [3.05, 3.63) is 35.4 Å². The number of rotatable bonds is 2. The van der Waals surface area contributed by atoms with Crippen LogP contribution >= 0.6 is 0 Å². The predicted molar refractivity (Wildman–Crippen MR) is 80.6 cm³/mol. The summed E-state index contributed by atoms with van der Waals surface area (Å²) in [7, 11) is 0. The standard InChI is InChI=1S/C17H24N2O/c1-12-10-16(8-9-18-12)19-17(20)15-7-6-13-4-2-3-5-14(13)11-15/h2-5,12,15-16,18H,6-11H2,1H3,(H,19,20). The highest BCUT2D eigenvalue weighted by Gasteiger charge is 2.27. The number of aryl methyl sites for hydroxylation is 1. The molecule has 1 aromatic rings. The average Bonchev–Trinajstić information content (AvgIpc) is 2.47. The molecule has 3 rings (SSSR count). The zero-order valence-corrected chi connectivity index (χ0v) is 12.2. The summed E-state index contributed by atoms with van der Waals surface area (Å²) >= 11 is 0. The van der Waals surface area contributed by atoms with Crippen molar-refractivity contribution in [3.8, 4) is 0 Å². The van der Waals surface area contributed by atoms with Crippen LogP contribution in [0.1, 0.15) is 37.3 Å². The van der Waals surface area contributed by atoms with Crippen LogP contribution < -0.4 is 10.6 Å². The van der Waals surface area contributed by atoms with E-state index < -0.39 is 0 Å². The first-order valence-electron chi connectivity index (χ1n) is 7.83. The second-order valence-corrected chi connectivity index (χ2v) is 6.29. The third-order valence-electron chi connectivity index (χ3n) is 4.69. The number of benzene rings is 1. The van der Waals surface area contributed by atoms with Gasteiger partial charge in [-0.2, -0.15) is 0 Å². The van der Waals surface area contributed by atoms with E-state index in [0.717, 1.165) is 38.6 Å². The predicted octanol–water partition coefficient (Wildman–Crippen LogP) is 2.05. The fourth-order valence-corrected chi connectivity index (χ4v) is 3.50. The molecule has 3 heteroatoms. The van der Waals surface area contributed by atoms with Gasteiger partial charge in [0.05, 0.1) is 0 Å². The molecular formula is C17H24N2O. The minimum Gasteiger partial charge on any atom is -0.353 e. The summed E-state index contributed by atoms with van der Waals surface area (Å²) in [6.07, 6.45) is 5.04. The first kappa shape index (κ1) is 13.6. The number of carbonyl (C=O) groups is 1. The molecule has 1 amide bonds. The molecule has 108 valence electrons. The smallest absolute Gasteiger partial charge is 0.223 e. The maximum Gasteiger partial charge on any atom is 0.223 e. The molecule has 1 aliphatic carbocycles. The van der Waals surface area contributed by atoms with Crippen LogP contribution in [0.2, 0.25) is 0 Å². The molecular weight excluding hydrogens is 248 g/mol. The molecule has 0 spiro atoms. The second-order valence-electron chi connectivity index (χ2n) is 6.29. The highest BCUT2D eigenvalue weighted by molar-refractivity contribution is 5.79. The maximum atomic E-state index is 12.5. The van der Waals surface area contributed by atoms with Crippen LogP contribution in [-0.2, 0) is 17.6 Å². The van der Waals surface area contributed by atoms with Crippen LogP contribution in [-0.4, -0.2) is 24.5 Å². The average molecular weight is 272 g/mol. The molecule has 2 aliphatic rings. The molecule has 3 nitrogen and oxygen atoms in total. The Kier molecular flexibility index (Phi) is 4.06. The Morgan fingerprint density at radius 1 is 1.25 bits per heavy atom. The van der Waals surface area contributed by atoms with E-state index in [9.17, 15) is 4.79 Å². The van der Waals surface area contributed by atoms with Crippen LogP contribution in [0.3, 0.4) is 0 Å². The largest absolute Gasteiger partial charge is 0.353 e. The van der Waals surface area contributed by atoms with E-state index in [0.29, 0.717) is 12.1 Å². The molecule has 3 unspecified atom stereocenters. The van der Waals surface area contributed by atoms with Gasteiger partial charge in [-0.3, -0.25) is 4.79 Å². The van der Waals surface area contributed by atoms with Crippen molar-refractivity contribution in [3.63, 3.8) is 0 Å². The maximum absolute atomic E-state index is 12.5. The van der Waals surface area contributed by atoms with Gasteiger partial charge in [0.2, 0.25) is 5.91 Å². The van der Waals surface area contributed by atoms with Crippen molar-refractivity contribution in [2.75, 3.05) is 6.54 Å². The van der Waals surface area contributed by atoms with E-state index >= 15 is 0 Å². The minimum absolute atomic E-state index is 0.162. The van der Waals surface area contributed by atoms with E-state index in [1.165, 1.54) is 11.1 Å². The van der Waals surface area contributed by atoms with Crippen LogP contribution in [0, 0.1) is 5.92 Å². The Bertz CT molecular complexity index is 486. The van der Waals surface area contributed by atoms with Gasteiger partial charge < -0.3 is 10.6 Å². The quantitative estimate of drug-likeness (QED) is 0.865. The van der Waals surface area contributed by atoms with Crippen molar-refractivity contribution in [1.29, 1.82) is 0 Å². The first-order valence-corrected chi connectivity index (χ1v) is 7.83. The van der Waals surface area contributed by atoms with Gasteiger partial charge in [0.25, 0.3) is 0 Å². The van der Waals surface area contributed by atoms with Crippen LogP contribution in [0.5, 0.6) is 0 Å². The fraction of sp³-hybridized carbons (Fsp3) is 0.588. The van der Waals surface area contributed by atoms with Crippen molar-refractivity contribution < 1.29 is 4.79 Å². The Morgan fingerprint density at radius 3 is 2.85 bits per heavy atom. The first-order chi connectivity index (χ1) is 9.72. The van der Waals surface area contributed by atoms with Crippen LogP contribution in [0.25, 0.3) is 0 Å². The number of nitrogens with one attached hydrogen (secondary N) is 2. The lowest BCUT2D eigenvalue weighted by molar-refractivity contribution is -0.126. The second kappa shape index (κ2) is 5.96. The van der Waals surface area contributed by atoms with Crippen LogP contribution in [0.4, 0.5) is 0 Å². The van der Waals surface area contributed by atoms with Crippen molar-refractivity contribution in [1.82, 2.24) is 10.6 Å². The molecule has 0 radical (unpaired) electrons. The summed E-state index contributed by atoms with van der Waals surface area (Å²) in [6, 6.07) is 9.40. The van der Waals surface area contributed by atoms with E-state index in [2.05, 4.69) is 41.8 Å². The molecule has 1 heterocycles. The molecule has 20 heavy (non-hydrogen) atoms. The number of fused-ring (bicyclic) bond motifs is 1. The van der Waals surface area contributed by atoms with Gasteiger partial charge in [-0.15, -0.1) is 0 Å². The highest BCUT2D eigenvalue weighted by Crippen LogP contribution is 2.25. The van der Waals surface area contributed by atoms with E-state index in [1.807, 2.05) is 0 Å². The third kappa shape index (κ3) is 3.04. The molecule has 0 saturated carbocycles. The normalized spacial score (nSPS) is 29.6. The topological polar surface area (TPSA) is 41.1 Å². The van der Waals surface area contributed by atoms with Crippen LogP contribution in [0.15, 0.2) is 24.3 Å². The molecule has 0 aromatic heterocycles. The van der Waals surface area contributed by atoms with E-state index in [1.54, 1.807) is 0 Å². The van der Waals surface area contributed by atoms with Crippen molar-refractivity contribution >= 4 is 5.91 Å². The van der Waals surface area contributed by atoms with Gasteiger partial charge >= 0.3 is 0 Å². The zero-order chi connectivity index (χ0) is 13.9. The van der Waals surface area contributed by atoms with Crippen molar-refractivity contribution in [2.45, 2.75) is 51.1 Å². The molecule has 1 aromatic carbocycles. The van der Waals surface area contributed by atoms with Crippen molar-refractivity contribution in [2.24, 2.45) is 5.92 Å². The molecule has 1 aliphatic heterocycles. The van der Waals surface area contributed by atoms with Gasteiger partial charge in [0.1, 0.15) is 0 Å². The fourth-order valence-electron chi connectivity index (χ4n) is 3.50. The summed E-state index contributed by atoms with van der Waals surface area (Å²) in [6.45, 7) is 3.20. The molecule has 3 atom stereocenters. The lowest BCUT2D eigenvalue weighted by atomic mass is 9.83. The van der Waals surface area contributed by atoms with Gasteiger partial charge in [0, 0.05) is 18.0 Å². The molecule has 2 N–H and O–H groups in total. The zero-order valence-electron chi connectivity index (χ0n) is 12.2. The minimum atomic E-state index is 0.162. The SMILES string of the molecule is CC1CC(NC(=O)C2CCc3ccccc3C2)CCN1. The lowest BCUT2D eigenvalue weighted by Crippen LogP contribution is -2.48. The van der Waals surface area contributed by atoms with Gasteiger partial charge in [-0.1, -0.05) is 24.3 Å². The Labute approximate surface area is 121 Å². The van der Waals surface area contributed by atoms with Gasteiger partial charge in [0.15, 0.2) is 0 Å². The summed E-state index contributed by atoms with van der Waals surface area (Å²) in [5, 5.41) is 6.70.